The highest BCUT2D eigenvalue weighted by atomic mass is 19.3. The average molecular weight is 294 g/mol. The van der Waals surface area contributed by atoms with Gasteiger partial charge in [0.05, 0.1) is 5.56 Å². The number of carbonyl (C=O) groups is 1. The Morgan fingerprint density at radius 1 is 1.33 bits per heavy atom. The number of carboxylic acid groups (broad SMARTS) is 1. The van der Waals surface area contributed by atoms with E-state index in [0.29, 0.717) is 30.2 Å². The molecule has 0 unspecified atom stereocenters. The molecule has 1 saturated carbocycles. The molecule has 0 atom stereocenters. The van der Waals surface area contributed by atoms with Crippen molar-refractivity contribution in [2.45, 2.75) is 18.8 Å². The van der Waals surface area contributed by atoms with E-state index >= 15 is 0 Å². The summed E-state index contributed by atoms with van der Waals surface area (Å²) in [5.41, 5.74) is 0.791. The summed E-state index contributed by atoms with van der Waals surface area (Å²) < 4.78 is 31.5. The van der Waals surface area contributed by atoms with Crippen molar-refractivity contribution in [1.82, 2.24) is 4.98 Å². The molecule has 1 aliphatic heterocycles. The second-order valence-electron chi connectivity index (χ2n) is 6.05. The van der Waals surface area contributed by atoms with Crippen LogP contribution in [0.1, 0.15) is 23.2 Å². The molecule has 7 heteroatoms. The van der Waals surface area contributed by atoms with Crippen molar-refractivity contribution in [2.24, 2.45) is 5.41 Å². The summed E-state index contributed by atoms with van der Waals surface area (Å²) >= 11 is 0. The lowest BCUT2D eigenvalue weighted by molar-refractivity contribution is -0.170. The highest BCUT2D eigenvalue weighted by Crippen LogP contribution is 2.57. The number of fused-ring (bicyclic) bond motifs is 1. The Morgan fingerprint density at radius 3 is 2.67 bits per heavy atom. The van der Waals surface area contributed by atoms with E-state index in [4.69, 9.17) is 9.52 Å². The number of alkyl halides is 2. The predicted molar refractivity (Wildman–Crippen MR) is 69.8 cm³/mol. The molecule has 1 aromatic carbocycles. The number of rotatable bonds is 2. The van der Waals surface area contributed by atoms with E-state index in [2.05, 4.69) is 4.98 Å². The number of aromatic carboxylic acids is 1. The average Bonchev–Trinajstić information content (AvgIpc) is 2.74. The van der Waals surface area contributed by atoms with Gasteiger partial charge in [0, 0.05) is 31.3 Å². The van der Waals surface area contributed by atoms with Gasteiger partial charge in [0.1, 0.15) is 5.52 Å². The van der Waals surface area contributed by atoms with Gasteiger partial charge in [0.2, 0.25) is 5.92 Å². The van der Waals surface area contributed by atoms with E-state index < -0.39 is 11.9 Å². The van der Waals surface area contributed by atoms with Gasteiger partial charge in [-0.25, -0.2) is 13.6 Å². The number of oxazole rings is 1. The van der Waals surface area contributed by atoms with Crippen molar-refractivity contribution in [2.75, 3.05) is 18.0 Å². The van der Waals surface area contributed by atoms with Crippen LogP contribution in [-0.4, -0.2) is 35.1 Å². The SMILES string of the molecule is O=C(O)c1ccc2nc(N3CC4(C3)CC(F)(F)C4)oc2c1. The molecule has 2 aliphatic rings. The Hall–Kier alpha value is -2.18. The minimum atomic E-state index is -2.52. The summed E-state index contributed by atoms with van der Waals surface area (Å²) in [6.45, 7) is 1.03. The lowest BCUT2D eigenvalue weighted by atomic mass is 9.61. The summed E-state index contributed by atoms with van der Waals surface area (Å²) in [4.78, 5) is 17.0. The summed E-state index contributed by atoms with van der Waals surface area (Å²) in [6.07, 6.45) is -0.139. The zero-order valence-corrected chi connectivity index (χ0v) is 11.0. The third-order valence-corrected chi connectivity index (χ3v) is 4.21. The van der Waals surface area contributed by atoms with Crippen LogP contribution in [0.3, 0.4) is 0 Å². The minimum Gasteiger partial charge on any atom is -0.478 e. The standard InChI is InChI=1S/C14H12F2N2O3/c15-14(16)4-13(5-14)6-18(7-13)12-17-9-2-1-8(11(19)20)3-10(9)21-12/h1-3H,4-7H2,(H,19,20). The maximum Gasteiger partial charge on any atom is 0.335 e. The van der Waals surface area contributed by atoms with Gasteiger partial charge in [-0.2, -0.15) is 4.98 Å². The molecule has 110 valence electrons. The molecule has 1 saturated heterocycles. The maximum absolute atomic E-state index is 13.0. The van der Waals surface area contributed by atoms with E-state index in [1.807, 2.05) is 4.90 Å². The number of nitrogens with zero attached hydrogens (tertiary/aromatic N) is 2. The van der Waals surface area contributed by atoms with Crippen LogP contribution >= 0.6 is 0 Å². The topological polar surface area (TPSA) is 66.6 Å². The van der Waals surface area contributed by atoms with Crippen molar-refractivity contribution in [3.63, 3.8) is 0 Å². The number of hydrogen-bond acceptors (Lipinski definition) is 4. The number of anilines is 1. The number of hydrogen-bond donors (Lipinski definition) is 1. The number of halogens is 2. The first-order valence-electron chi connectivity index (χ1n) is 6.63. The fraction of sp³-hybridized carbons (Fsp3) is 0.429. The van der Waals surface area contributed by atoms with E-state index in [1.54, 1.807) is 6.07 Å². The first kappa shape index (κ1) is 12.6. The highest BCUT2D eigenvalue weighted by Gasteiger charge is 2.62. The molecule has 1 aliphatic carbocycles. The third-order valence-electron chi connectivity index (χ3n) is 4.21. The molecule has 0 radical (unpaired) electrons. The second-order valence-corrected chi connectivity index (χ2v) is 6.05. The largest absolute Gasteiger partial charge is 0.478 e. The molecule has 1 aromatic heterocycles. The number of benzene rings is 1. The molecule has 1 spiro atoms. The minimum absolute atomic E-state index is 0.0696. The molecule has 4 rings (SSSR count). The number of carboxylic acids is 1. The summed E-state index contributed by atoms with van der Waals surface area (Å²) in [6, 6.07) is 4.83. The zero-order chi connectivity index (χ0) is 14.8. The Morgan fingerprint density at radius 2 is 2.05 bits per heavy atom. The maximum atomic E-state index is 13.0. The van der Waals surface area contributed by atoms with Crippen LogP contribution < -0.4 is 4.90 Å². The van der Waals surface area contributed by atoms with E-state index in [1.165, 1.54) is 12.1 Å². The van der Waals surface area contributed by atoms with E-state index in [-0.39, 0.29) is 23.8 Å². The molecule has 1 N–H and O–H groups in total. The number of aromatic nitrogens is 1. The van der Waals surface area contributed by atoms with Crippen molar-refractivity contribution in [3.05, 3.63) is 23.8 Å². The van der Waals surface area contributed by atoms with Gasteiger partial charge < -0.3 is 14.4 Å². The summed E-state index contributed by atoms with van der Waals surface area (Å²) in [5, 5.41) is 8.93. The normalized spacial score (nSPS) is 22.1. The van der Waals surface area contributed by atoms with Gasteiger partial charge in [-0.1, -0.05) is 0 Å². The zero-order valence-electron chi connectivity index (χ0n) is 11.0. The van der Waals surface area contributed by atoms with Crippen LogP contribution in [-0.2, 0) is 0 Å². The molecule has 5 nitrogen and oxygen atoms in total. The van der Waals surface area contributed by atoms with Crippen molar-refractivity contribution < 1.29 is 23.1 Å². The molecule has 0 bridgehead atoms. The lowest BCUT2D eigenvalue weighted by Gasteiger charge is -2.58. The molecule has 0 amide bonds. The first-order valence-corrected chi connectivity index (χ1v) is 6.63. The van der Waals surface area contributed by atoms with E-state index in [0.717, 1.165) is 0 Å². The highest BCUT2D eigenvalue weighted by molar-refractivity contribution is 5.92. The van der Waals surface area contributed by atoms with Gasteiger partial charge in [-0.05, 0) is 18.2 Å². The van der Waals surface area contributed by atoms with Crippen LogP contribution in [0.5, 0.6) is 0 Å². The third kappa shape index (κ3) is 1.87. The van der Waals surface area contributed by atoms with Crippen LogP contribution in [0.25, 0.3) is 11.1 Å². The molecule has 2 aromatic rings. The molecule has 21 heavy (non-hydrogen) atoms. The van der Waals surface area contributed by atoms with Crippen molar-refractivity contribution >= 4 is 23.1 Å². The smallest absolute Gasteiger partial charge is 0.335 e. The van der Waals surface area contributed by atoms with Crippen molar-refractivity contribution in [3.8, 4) is 0 Å². The molecular formula is C14H12F2N2O3. The fourth-order valence-electron chi connectivity index (χ4n) is 3.35. The first-order chi connectivity index (χ1) is 9.86. The van der Waals surface area contributed by atoms with E-state index in [9.17, 15) is 13.6 Å². The van der Waals surface area contributed by atoms with Gasteiger partial charge >= 0.3 is 5.97 Å². The van der Waals surface area contributed by atoms with Gasteiger partial charge in [0.25, 0.3) is 6.01 Å². The van der Waals surface area contributed by atoms with Crippen LogP contribution in [0.4, 0.5) is 14.8 Å². The van der Waals surface area contributed by atoms with Crippen LogP contribution in [0.15, 0.2) is 22.6 Å². The Kier molecular flexibility index (Phi) is 2.22. The predicted octanol–water partition coefficient (Wildman–Crippen LogP) is 2.76. The van der Waals surface area contributed by atoms with Crippen molar-refractivity contribution in [1.29, 1.82) is 0 Å². The fourth-order valence-corrected chi connectivity index (χ4v) is 3.35. The second kappa shape index (κ2) is 3.72. The quantitative estimate of drug-likeness (QED) is 0.922. The molecular weight excluding hydrogens is 282 g/mol. The molecule has 2 fully saturated rings. The van der Waals surface area contributed by atoms with Crippen LogP contribution in [0, 0.1) is 5.41 Å². The van der Waals surface area contributed by atoms with Gasteiger partial charge in [0.15, 0.2) is 5.58 Å². The van der Waals surface area contributed by atoms with Gasteiger partial charge in [-0.3, -0.25) is 0 Å². The molecule has 2 heterocycles. The summed E-state index contributed by atoms with van der Waals surface area (Å²) in [7, 11) is 0. The Labute approximate surface area is 118 Å². The Bertz CT molecular complexity index is 740. The monoisotopic (exact) mass is 294 g/mol. The lowest BCUT2D eigenvalue weighted by Crippen LogP contribution is -2.66. The van der Waals surface area contributed by atoms with Crippen LogP contribution in [0.2, 0.25) is 0 Å². The summed E-state index contributed by atoms with van der Waals surface area (Å²) in [5.74, 6) is -3.56. The van der Waals surface area contributed by atoms with Gasteiger partial charge in [-0.15, -0.1) is 0 Å². The Balaban J connectivity index is 1.55.